The van der Waals surface area contributed by atoms with Crippen molar-refractivity contribution in [2.45, 2.75) is 13.8 Å². The van der Waals surface area contributed by atoms with Crippen LogP contribution in [0, 0.1) is 14.8 Å². The third kappa shape index (κ3) is 1.87. The molecule has 0 bridgehead atoms. The van der Waals surface area contributed by atoms with Crippen molar-refractivity contribution in [3.63, 3.8) is 0 Å². The molecule has 14 heavy (non-hydrogen) atoms. The molecule has 0 spiro atoms. The topological polar surface area (TPSA) is 3.24 Å². The average Bonchev–Trinajstić information content (AvgIpc) is 2.00. The van der Waals surface area contributed by atoms with Gasteiger partial charge in [0.05, 0.1) is 5.69 Å². The van der Waals surface area contributed by atoms with E-state index in [1.165, 1.54) is 6.07 Å². The lowest BCUT2D eigenvalue weighted by Gasteiger charge is -2.47. The number of hydrogen-bond donors (Lipinski definition) is 0. The van der Waals surface area contributed by atoms with Gasteiger partial charge in [-0.3, -0.25) is 0 Å². The van der Waals surface area contributed by atoms with Gasteiger partial charge in [-0.2, -0.15) is 0 Å². The summed E-state index contributed by atoms with van der Waals surface area (Å²) >= 11 is 2.19. The van der Waals surface area contributed by atoms with Crippen LogP contribution in [0.25, 0.3) is 0 Å². The Kier molecular flexibility index (Phi) is 2.45. The quantitative estimate of drug-likeness (QED) is 0.720. The van der Waals surface area contributed by atoms with E-state index in [2.05, 4.69) is 41.3 Å². The molecule has 2 rings (SSSR count). The summed E-state index contributed by atoms with van der Waals surface area (Å²) in [5, 5.41) is 0. The highest BCUT2D eigenvalue weighted by Gasteiger charge is 2.34. The summed E-state index contributed by atoms with van der Waals surface area (Å²) in [6.07, 6.45) is 0. The molecule has 3 heteroatoms. The van der Waals surface area contributed by atoms with Crippen LogP contribution in [0.2, 0.25) is 0 Å². The van der Waals surface area contributed by atoms with Crippen molar-refractivity contribution in [1.29, 1.82) is 0 Å². The van der Waals surface area contributed by atoms with Gasteiger partial charge in [0, 0.05) is 16.7 Å². The van der Waals surface area contributed by atoms with Crippen LogP contribution in [0.5, 0.6) is 0 Å². The number of rotatable bonds is 1. The van der Waals surface area contributed by atoms with Crippen LogP contribution in [0.3, 0.4) is 0 Å². The van der Waals surface area contributed by atoms with E-state index in [1.807, 2.05) is 6.07 Å². The van der Waals surface area contributed by atoms with Gasteiger partial charge in [-0.15, -0.1) is 0 Å². The van der Waals surface area contributed by atoms with E-state index in [1.54, 1.807) is 6.07 Å². The van der Waals surface area contributed by atoms with Crippen LogP contribution in [0.15, 0.2) is 18.2 Å². The molecular weight excluding hydrogens is 292 g/mol. The van der Waals surface area contributed by atoms with Gasteiger partial charge in [0.1, 0.15) is 5.82 Å². The summed E-state index contributed by atoms with van der Waals surface area (Å²) in [6.45, 7) is 6.63. The van der Waals surface area contributed by atoms with Crippen molar-refractivity contribution < 1.29 is 4.39 Å². The van der Waals surface area contributed by atoms with Crippen LogP contribution >= 0.6 is 22.6 Å². The molecule has 1 heterocycles. The zero-order valence-electron chi connectivity index (χ0n) is 8.35. The Morgan fingerprint density at radius 3 is 2.50 bits per heavy atom. The van der Waals surface area contributed by atoms with E-state index < -0.39 is 0 Å². The van der Waals surface area contributed by atoms with Crippen molar-refractivity contribution in [2.24, 2.45) is 5.41 Å². The van der Waals surface area contributed by atoms with Crippen LogP contribution in [0.4, 0.5) is 10.1 Å². The van der Waals surface area contributed by atoms with Gasteiger partial charge in [0.15, 0.2) is 0 Å². The largest absolute Gasteiger partial charge is 0.369 e. The fourth-order valence-electron chi connectivity index (χ4n) is 1.90. The molecule has 1 fully saturated rings. The zero-order valence-corrected chi connectivity index (χ0v) is 10.5. The number of halogens is 2. The summed E-state index contributed by atoms with van der Waals surface area (Å²) in [5.74, 6) is -0.155. The van der Waals surface area contributed by atoms with Crippen LogP contribution in [0.1, 0.15) is 13.8 Å². The first-order valence-corrected chi connectivity index (χ1v) is 5.76. The highest BCUT2D eigenvalue weighted by Crippen LogP contribution is 2.35. The minimum absolute atomic E-state index is 0.155. The highest BCUT2D eigenvalue weighted by atomic mass is 127. The maximum absolute atomic E-state index is 12.9. The number of nitrogens with zero attached hydrogens (tertiary/aromatic N) is 1. The predicted molar refractivity (Wildman–Crippen MR) is 65.1 cm³/mol. The van der Waals surface area contributed by atoms with Crippen LogP contribution in [-0.4, -0.2) is 13.1 Å². The molecule has 0 aromatic heterocycles. The van der Waals surface area contributed by atoms with Crippen LogP contribution < -0.4 is 4.90 Å². The van der Waals surface area contributed by atoms with Gasteiger partial charge in [-0.05, 0) is 46.2 Å². The minimum Gasteiger partial charge on any atom is -0.369 e. The number of benzene rings is 1. The van der Waals surface area contributed by atoms with Gasteiger partial charge >= 0.3 is 0 Å². The van der Waals surface area contributed by atoms with Crippen molar-refractivity contribution >= 4 is 28.3 Å². The van der Waals surface area contributed by atoms with E-state index in [4.69, 9.17) is 0 Å². The summed E-state index contributed by atoms with van der Waals surface area (Å²) in [6, 6.07) is 4.98. The Hall–Kier alpha value is -0.320. The maximum Gasteiger partial charge on any atom is 0.124 e. The van der Waals surface area contributed by atoms with Gasteiger partial charge < -0.3 is 4.90 Å². The average molecular weight is 305 g/mol. The molecule has 1 aliphatic heterocycles. The molecule has 1 nitrogen and oxygen atoms in total. The van der Waals surface area contributed by atoms with Crippen molar-refractivity contribution in [3.8, 4) is 0 Å². The van der Waals surface area contributed by atoms with Gasteiger partial charge in [0.2, 0.25) is 0 Å². The molecule has 1 aromatic carbocycles. The molecule has 76 valence electrons. The molecule has 0 saturated carbocycles. The fourth-order valence-corrected chi connectivity index (χ4v) is 2.71. The lowest BCUT2D eigenvalue weighted by molar-refractivity contribution is 0.276. The smallest absolute Gasteiger partial charge is 0.124 e. The highest BCUT2D eigenvalue weighted by molar-refractivity contribution is 14.1. The molecule has 0 radical (unpaired) electrons. The summed E-state index contributed by atoms with van der Waals surface area (Å²) in [4.78, 5) is 2.29. The van der Waals surface area contributed by atoms with Gasteiger partial charge in [-0.1, -0.05) is 13.8 Å². The monoisotopic (exact) mass is 305 g/mol. The van der Waals surface area contributed by atoms with Crippen molar-refractivity contribution in [3.05, 3.63) is 27.6 Å². The zero-order chi connectivity index (χ0) is 10.3. The second-order valence-electron chi connectivity index (χ2n) is 4.62. The molecule has 0 aliphatic carbocycles. The molecule has 0 atom stereocenters. The normalized spacial score (nSPS) is 19.3. The first kappa shape index (κ1) is 10.2. The third-order valence-corrected chi connectivity index (χ3v) is 3.35. The molecule has 1 saturated heterocycles. The van der Waals surface area contributed by atoms with E-state index >= 15 is 0 Å². The van der Waals surface area contributed by atoms with Gasteiger partial charge in [0.25, 0.3) is 0 Å². The Bertz CT molecular complexity index is 354. The molecule has 0 unspecified atom stereocenters. The third-order valence-electron chi connectivity index (χ3n) is 2.49. The number of hydrogen-bond acceptors (Lipinski definition) is 1. The lowest BCUT2D eigenvalue weighted by Crippen LogP contribution is -2.53. The Labute approximate surface area is 97.4 Å². The molecular formula is C11H13FIN. The number of anilines is 1. The SMILES string of the molecule is CC1(C)CN(c2ccc(F)cc2I)C1. The minimum atomic E-state index is -0.155. The second-order valence-corrected chi connectivity index (χ2v) is 5.78. The van der Waals surface area contributed by atoms with E-state index in [0.29, 0.717) is 5.41 Å². The van der Waals surface area contributed by atoms with Crippen molar-refractivity contribution in [2.75, 3.05) is 18.0 Å². The predicted octanol–water partition coefficient (Wildman–Crippen LogP) is 3.28. The first-order chi connectivity index (χ1) is 6.48. The molecule has 0 N–H and O–H groups in total. The van der Waals surface area contributed by atoms with Gasteiger partial charge in [-0.25, -0.2) is 4.39 Å². The van der Waals surface area contributed by atoms with E-state index in [0.717, 1.165) is 22.3 Å². The molecule has 0 amide bonds. The second kappa shape index (κ2) is 3.36. The summed E-state index contributed by atoms with van der Waals surface area (Å²) in [7, 11) is 0. The summed E-state index contributed by atoms with van der Waals surface area (Å²) < 4.78 is 13.9. The Balaban J connectivity index is 2.19. The molecule has 1 aromatic rings. The van der Waals surface area contributed by atoms with Crippen LogP contribution in [-0.2, 0) is 0 Å². The van der Waals surface area contributed by atoms with E-state index in [9.17, 15) is 4.39 Å². The Morgan fingerprint density at radius 2 is 2.00 bits per heavy atom. The van der Waals surface area contributed by atoms with E-state index in [-0.39, 0.29) is 5.82 Å². The van der Waals surface area contributed by atoms with Crippen molar-refractivity contribution in [1.82, 2.24) is 0 Å². The molecule has 1 aliphatic rings. The summed E-state index contributed by atoms with van der Waals surface area (Å²) in [5.41, 5.74) is 1.57. The Morgan fingerprint density at radius 1 is 1.36 bits per heavy atom. The fraction of sp³-hybridized carbons (Fsp3) is 0.455. The first-order valence-electron chi connectivity index (χ1n) is 4.68. The maximum atomic E-state index is 12.9. The lowest BCUT2D eigenvalue weighted by atomic mass is 9.84. The standard InChI is InChI=1S/C11H13FIN/c1-11(2)6-14(7-11)10-4-3-8(12)5-9(10)13/h3-5H,6-7H2,1-2H3.